The molecule has 3 rings (SSSR count). The standard InChI is InChI=1S/C19H19N3O4S2/c1-12-4-6-15(7-5-12)18-20-21-19(26-18)27-13(2)17(23)14-8-10-16(11-9-14)22-28(3,24)25/h4-11,13,22H,1-3H3/t13-/m0/s1. The molecular formula is C19H19N3O4S2. The number of nitrogens with one attached hydrogen (secondary N) is 1. The van der Waals surface area contributed by atoms with Gasteiger partial charge in [0.05, 0.1) is 11.5 Å². The summed E-state index contributed by atoms with van der Waals surface area (Å²) in [5, 5.41) is 7.90. The average Bonchev–Trinajstić information content (AvgIpc) is 3.09. The van der Waals surface area contributed by atoms with Crippen molar-refractivity contribution in [3.63, 3.8) is 0 Å². The highest BCUT2D eigenvalue weighted by atomic mass is 32.2. The number of carbonyl (C=O) groups excluding carboxylic acids is 1. The van der Waals surface area contributed by atoms with Crippen molar-refractivity contribution in [3.8, 4) is 11.5 Å². The molecule has 1 N–H and O–H groups in total. The normalized spacial score (nSPS) is 12.5. The Morgan fingerprint density at radius 3 is 2.32 bits per heavy atom. The van der Waals surface area contributed by atoms with Crippen molar-refractivity contribution >= 4 is 33.3 Å². The second kappa shape index (κ2) is 8.15. The van der Waals surface area contributed by atoms with E-state index >= 15 is 0 Å². The average molecular weight is 418 g/mol. The molecule has 146 valence electrons. The predicted octanol–water partition coefficient (Wildman–Crippen LogP) is 3.78. The van der Waals surface area contributed by atoms with Gasteiger partial charge in [-0.25, -0.2) is 8.42 Å². The van der Waals surface area contributed by atoms with E-state index in [2.05, 4.69) is 14.9 Å². The van der Waals surface area contributed by atoms with Gasteiger partial charge in [-0.05, 0) is 50.2 Å². The number of hydrogen-bond acceptors (Lipinski definition) is 7. The van der Waals surface area contributed by atoms with Crippen molar-refractivity contribution in [1.82, 2.24) is 10.2 Å². The van der Waals surface area contributed by atoms with Crippen LogP contribution in [-0.2, 0) is 10.0 Å². The zero-order valence-corrected chi connectivity index (χ0v) is 17.2. The molecule has 0 bridgehead atoms. The lowest BCUT2D eigenvalue weighted by atomic mass is 10.1. The van der Waals surface area contributed by atoms with E-state index in [-0.39, 0.29) is 5.78 Å². The minimum atomic E-state index is -3.36. The number of Topliss-reactive ketones (excluding diaryl/α,β-unsaturated/α-hetero) is 1. The minimum absolute atomic E-state index is 0.119. The summed E-state index contributed by atoms with van der Waals surface area (Å²) in [4.78, 5) is 12.6. The molecule has 0 radical (unpaired) electrons. The first-order valence-corrected chi connectivity index (χ1v) is 11.2. The van der Waals surface area contributed by atoms with Crippen LogP contribution in [0.2, 0.25) is 0 Å². The van der Waals surface area contributed by atoms with Gasteiger partial charge in [0.15, 0.2) is 5.78 Å². The van der Waals surface area contributed by atoms with Gasteiger partial charge in [-0.1, -0.05) is 29.5 Å². The van der Waals surface area contributed by atoms with Gasteiger partial charge in [-0.3, -0.25) is 9.52 Å². The zero-order valence-electron chi connectivity index (χ0n) is 15.5. The summed E-state index contributed by atoms with van der Waals surface area (Å²) < 4.78 is 30.5. The number of aryl methyl sites for hydroxylation is 1. The van der Waals surface area contributed by atoms with Crippen molar-refractivity contribution in [3.05, 3.63) is 59.7 Å². The fraction of sp³-hybridized carbons (Fsp3) is 0.211. The lowest BCUT2D eigenvalue weighted by Gasteiger charge is -2.09. The van der Waals surface area contributed by atoms with Gasteiger partial charge in [0.2, 0.25) is 15.9 Å². The zero-order chi connectivity index (χ0) is 20.3. The molecular weight excluding hydrogens is 398 g/mol. The summed E-state index contributed by atoms with van der Waals surface area (Å²) >= 11 is 1.18. The fourth-order valence-corrected chi connectivity index (χ4v) is 3.75. The molecule has 0 aliphatic carbocycles. The lowest BCUT2D eigenvalue weighted by Crippen LogP contribution is -2.14. The molecule has 0 aliphatic heterocycles. The SMILES string of the molecule is Cc1ccc(-c2nnc(S[C@@H](C)C(=O)c3ccc(NS(C)(=O)=O)cc3)o2)cc1. The van der Waals surface area contributed by atoms with Crippen molar-refractivity contribution in [2.75, 3.05) is 11.0 Å². The molecule has 0 amide bonds. The van der Waals surface area contributed by atoms with Crippen LogP contribution in [0.15, 0.2) is 58.2 Å². The quantitative estimate of drug-likeness (QED) is 0.461. The highest BCUT2D eigenvalue weighted by molar-refractivity contribution is 8.00. The first kappa shape index (κ1) is 20.1. The van der Waals surface area contributed by atoms with Gasteiger partial charge < -0.3 is 4.42 Å². The number of ketones is 1. The maximum atomic E-state index is 12.6. The number of sulfonamides is 1. The van der Waals surface area contributed by atoms with Crippen LogP contribution in [0.25, 0.3) is 11.5 Å². The van der Waals surface area contributed by atoms with Crippen LogP contribution in [0.3, 0.4) is 0 Å². The van der Waals surface area contributed by atoms with Crippen molar-refractivity contribution in [1.29, 1.82) is 0 Å². The molecule has 7 nitrogen and oxygen atoms in total. The monoisotopic (exact) mass is 417 g/mol. The molecule has 0 saturated heterocycles. The second-order valence-corrected chi connectivity index (χ2v) is 9.36. The Labute approximate surface area is 167 Å². The van der Waals surface area contributed by atoms with E-state index in [1.165, 1.54) is 11.8 Å². The van der Waals surface area contributed by atoms with Crippen LogP contribution in [0, 0.1) is 6.92 Å². The van der Waals surface area contributed by atoms with Gasteiger partial charge >= 0.3 is 0 Å². The van der Waals surface area contributed by atoms with Crippen molar-refractivity contribution < 1.29 is 17.6 Å². The Kier molecular flexibility index (Phi) is 5.85. The largest absolute Gasteiger partial charge is 0.411 e. The summed E-state index contributed by atoms with van der Waals surface area (Å²) in [5.41, 5.74) is 2.82. The number of anilines is 1. The number of rotatable bonds is 7. The van der Waals surface area contributed by atoms with Crippen LogP contribution in [0.5, 0.6) is 0 Å². The Balaban J connectivity index is 1.66. The van der Waals surface area contributed by atoms with Crippen LogP contribution in [0.4, 0.5) is 5.69 Å². The van der Waals surface area contributed by atoms with Gasteiger partial charge in [0.25, 0.3) is 5.22 Å². The van der Waals surface area contributed by atoms with E-state index in [4.69, 9.17) is 4.42 Å². The Bertz CT molecular complexity index is 1080. The van der Waals surface area contributed by atoms with Crippen molar-refractivity contribution in [2.45, 2.75) is 24.3 Å². The van der Waals surface area contributed by atoms with E-state index in [9.17, 15) is 13.2 Å². The molecule has 0 fully saturated rings. The Morgan fingerprint density at radius 2 is 1.71 bits per heavy atom. The van der Waals surface area contributed by atoms with Gasteiger partial charge in [-0.15, -0.1) is 10.2 Å². The third kappa shape index (κ3) is 5.20. The number of hydrogen-bond donors (Lipinski definition) is 1. The third-order valence-electron chi connectivity index (χ3n) is 3.82. The predicted molar refractivity (Wildman–Crippen MR) is 109 cm³/mol. The van der Waals surface area contributed by atoms with Gasteiger partial charge in [0, 0.05) is 16.8 Å². The molecule has 3 aromatic rings. The van der Waals surface area contributed by atoms with E-state index in [1.54, 1.807) is 31.2 Å². The first-order chi connectivity index (χ1) is 13.2. The molecule has 1 aromatic heterocycles. The van der Waals surface area contributed by atoms with E-state index in [1.807, 2.05) is 31.2 Å². The van der Waals surface area contributed by atoms with Gasteiger partial charge in [-0.2, -0.15) is 0 Å². The Hall–Kier alpha value is -2.65. The van der Waals surface area contributed by atoms with Crippen LogP contribution in [0.1, 0.15) is 22.8 Å². The smallest absolute Gasteiger partial charge is 0.277 e. The highest BCUT2D eigenvalue weighted by Crippen LogP contribution is 2.28. The highest BCUT2D eigenvalue weighted by Gasteiger charge is 2.20. The van der Waals surface area contributed by atoms with E-state index < -0.39 is 15.3 Å². The first-order valence-electron chi connectivity index (χ1n) is 8.40. The maximum Gasteiger partial charge on any atom is 0.277 e. The maximum absolute atomic E-state index is 12.6. The summed E-state index contributed by atoms with van der Waals surface area (Å²) in [5.74, 6) is 0.282. The van der Waals surface area contributed by atoms with Gasteiger partial charge in [0.1, 0.15) is 0 Å². The summed E-state index contributed by atoms with van der Waals surface area (Å²) in [7, 11) is -3.36. The van der Waals surface area contributed by atoms with Crippen LogP contribution in [-0.4, -0.2) is 35.9 Å². The number of nitrogens with zero attached hydrogens (tertiary/aromatic N) is 2. The molecule has 9 heteroatoms. The molecule has 2 aromatic carbocycles. The van der Waals surface area contributed by atoms with E-state index in [0.29, 0.717) is 22.4 Å². The topological polar surface area (TPSA) is 102 Å². The van der Waals surface area contributed by atoms with Crippen LogP contribution >= 0.6 is 11.8 Å². The van der Waals surface area contributed by atoms with E-state index in [0.717, 1.165) is 17.4 Å². The van der Waals surface area contributed by atoms with Crippen molar-refractivity contribution in [2.24, 2.45) is 0 Å². The third-order valence-corrected chi connectivity index (χ3v) is 5.37. The molecule has 0 aliphatic rings. The Morgan fingerprint density at radius 1 is 1.07 bits per heavy atom. The number of thioether (sulfide) groups is 1. The number of aromatic nitrogens is 2. The molecule has 0 saturated carbocycles. The summed E-state index contributed by atoms with van der Waals surface area (Å²) in [6.07, 6.45) is 1.07. The summed E-state index contributed by atoms with van der Waals surface area (Å²) in [6, 6.07) is 14.0. The lowest BCUT2D eigenvalue weighted by molar-refractivity contribution is 0.0993. The second-order valence-electron chi connectivity index (χ2n) is 6.32. The molecule has 1 atom stereocenters. The fourth-order valence-electron chi connectivity index (χ4n) is 2.43. The summed E-state index contributed by atoms with van der Waals surface area (Å²) in [6.45, 7) is 3.75. The van der Waals surface area contributed by atoms with Crippen LogP contribution < -0.4 is 4.72 Å². The molecule has 1 heterocycles. The molecule has 0 unspecified atom stereocenters. The minimum Gasteiger partial charge on any atom is -0.411 e. The number of carbonyl (C=O) groups is 1. The number of benzene rings is 2. The molecule has 28 heavy (non-hydrogen) atoms. The molecule has 0 spiro atoms.